The molecule has 0 aromatic carbocycles. The van der Waals surface area contributed by atoms with Crippen LogP contribution in [0.15, 0.2) is 12.3 Å². The molecule has 0 aliphatic rings. The molecule has 0 saturated heterocycles. The molecule has 0 fully saturated rings. The first-order valence-corrected chi connectivity index (χ1v) is 4.56. The minimum Gasteiger partial charge on any atom is -0.516 e. The third-order valence-corrected chi connectivity index (χ3v) is 2.22. The lowest BCUT2D eigenvalue weighted by Crippen LogP contribution is -2.00. The maximum absolute atomic E-state index is 10.7. The first-order chi connectivity index (χ1) is 5.20. The maximum atomic E-state index is 10.7. The van der Waals surface area contributed by atoms with Crippen LogP contribution in [0.3, 0.4) is 0 Å². The monoisotopic (exact) mass is 174 g/mol. The predicted molar refractivity (Wildman–Crippen MR) is 48.7 cm³/mol. The van der Waals surface area contributed by atoms with Crippen LogP contribution in [-0.4, -0.2) is 15.5 Å². The van der Waals surface area contributed by atoms with Crippen LogP contribution in [0.2, 0.25) is 0 Å². The summed E-state index contributed by atoms with van der Waals surface area (Å²) in [6, 6.07) is 0. The minimum atomic E-state index is 0.0987. The van der Waals surface area contributed by atoms with E-state index in [0.717, 1.165) is 19.1 Å². The highest BCUT2D eigenvalue weighted by atomic mass is 32.2. The number of hydrogen-bond donors (Lipinski definition) is 1. The zero-order chi connectivity index (χ0) is 8.69. The zero-order valence-corrected chi connectivity index (χ0v) is 7.73. The number of hydrogen-bond acceptors (Lipinski definition) is 3. The largest absolute Gasteiger partial charge is 0.516 e. The van der Waals surface area contributed by atoms with Gasteiger partial charge in [0.05, 0.1) is 6.26 Å². The van der Waals surface area contributed by atoms with Crippen LogP contribution < -0.4 is 0 Å². The topological polar surface area (TPSA) is 37.3 Å². The maximum Gasteiger partial charge on any atom is 0.186 e. The van der Waals surface area contributed by atoms with E-state index in [0.29, 0.717) is 0 Å². The lowest BCUT2D eigenvalue weighted by atomic mass is 10.2. The number of carbonyl (C=O) groups excluding carboxylic acids is 1. The normalized spacial score (nSPS) is 13.6. The molecule has 64 valence electrons. The van der Waals surface area contributed by atoms with Gasteiger partial charge in [0.1, 0.15) is 0 Å². The SMILES string of the molecule is CCCC(/C=C\O)SC(C)=O. The molecule has 0 amide bonds. The van der Waals surface area contributed by atoms with Crippen LogP contribution in [-0.2, 0) is 4.79 Å². The second kappa shape index (κ2) is 6.28. The average molecular weight is 174 g/mol. The summed E-state index contributed by atoms with van der Waals surface area (Å²) in [5.41, 5.74) is 0. The fourth-order valence-corrected chi connectivity index (χ4v) is 1.72. The molecule has 0 heterocycles. The minimum absolute atomic E-state index is 0.0987. The van der Waals surface area contributed by atoms with Crippen molar-refractivity contribution < 1.29 is 9.90 Å². The molecule has 1 atom stereocenters. The Morgan fingerprint density at radius 1 is 1.73 bits per heavy atom. The first kappa shape index (κ1) is 10.6. The van der Waals surface area contributed by atoms with Gasteiger partial charge in [-0.25, -0.2) is 0 Å². The first-order valence-electron chi connectivity index (χ1n) is 3.68. The van der Waals surface area contributed by atoms with Gasteiger partial charge in [0.25, 0.3) is 0 Å². The van der Waals surface area contributed by atoms with Gasteiger partial charge in [-0.1, -0.05) is 25.1 Å². The second-order valence-electron chi connectivity index (χ2n) is 2.28. The Hall–Kier alpha value is -0.440. The van der Waals surface area contributed by atoms with Gasteiger partial charge in [0, 0.05) is 12.2 Å². The fraction of sp³-hybridized carbons (Fsp3) is 0.625. The van der Waals surface area contributed by atoms with Crippen molar-refractivity contribution in [3.05, 3.63) is 12.3 Å². The Balaban J connectivity index is 3.78. The van der Waals surface area contributed by atoms with Crippen LogP contribution in [0, 0.1) is 0 Å². The molecule has 11 heavy (non-hydrogen) atoms. The molecule has 0 aliphatic heterocycles. The van der Waals surface area contributed by atoms with Gasteiger partial charge in [0.15, 0.2) is 5.12 Å². The van der Waals surface area contributed by atoms with Crippen molar-refractivity contribution in [1.29, 1.82) is 0 Å². The molecule has 0 aliphatic carbocycles. The lowest BCUT2D eigenvalue weighted by molar-refractivity contribution is -0.109. The van der Waals surface area contributed by atoms with Gasteiger partial charge < -0.3 is 5.11 Å². The molecule has 2 nitrogen and oxygen atoms in total. The Kier molecular flexibility index (Phi) is 6.03. The van der Waals surface area contributed by atoms with Gasteiger partial charge in [-0.2, -0.15) is 0 Å². The number of carbonyl (C=O) groups is 1. The summed E-state index contributed by atoms with van der Waals surface area (Å²) < 4.78 is 0. The van der Waals surface area contributed by atoms with E-state index in [9.17, 15) is 4.79 Å². The molecule has 0 aromatic rings. The van der Waals surface area contributed by atoms with Crippen LogP contribution in [0.4, 0.5) is 0 Å². The third kappa shape index (κ3) is 5.98. The molecule has 0 spiro atoms. The number of thioether (sulfide) groups is 1. The molecule has 1 N–H and O–H groups in total. The number of rotatable bonds is 4. The molecule has 0 bridgehead atoms. The summed E-state index contributed by atoms with van der Waals surface area (Å²) in [4.78, 5) is 10.7. The smallest absolute Gasteiger partial charge is 0.186 e. The van der Waals surface area contributed by atoms with Crippen molar-refractivity contribution in [3.63, 3.8) is 0 Å². The van der Waals surface area contributed by atoms with E-state index in [-0.39, 0.29) is 10.4 Å². The van der Waals surface area contributed by atoms with Gasteiger partial charge in [-0.15, -0.1) is 0 Å². The van der Waals surface area contributed by atoms with Crippen molar-refractivity contribution in [3.8, 4) is 0 Å². The summed E-state index contributed by atoms with van der Waals surface area (Å²) in [5, 5.41) is 8.71. The fourth-order valence-electron chi connectivity index (χ4n) is 0.788. The molecule has 0 rings (SSSR count). The Morgan fingerprint density at radius 2 is 2.36 bits per heavy atom. The Bertz CT molecular complexity index is 143. The molecule has 0 radical (unpaired) electrons. The number of aliphatic hydroxyl groups excluding tert-OH is 1. The standard InChI is InChI=1S/C8H14O2S/c1-3-4-8(5-6-9)11-7(2)10/h5-6,8-9H,3-4H2,1-2H3/b6-5-. The molecule has 1 unspecified atom stereocenters. The van der Waals surface area contributed by atoms with E-state index in [1.165, 1.54) is 11.8 Å². The summed E-state index contributed by atoms with van der Waals surface area (Å²) in [5.74, 6) is 0. The lowest BCUT2D eigenvalue weighted by Gasteiger charge is -2.06. The Morgan fingerprint density at radius 3 is 2.73 bits per heavy atom. The van der Waals surface area contributed by atoms with E-state index >= 15 is 0 Å². The van der Waals surface area contributed by atoms with Crippen molar-refractivity contribution in [2.24, 2.45) is 0 Å². The molecule has 0 aromatic heterocycles. The van der Waals surface area contributed by atoms with Crippen molar-refractivity contribution in [2.75, 3.05) is 0 Å². The predicted octanol–water partition coefficient (Wildman–Crippen LogP) is 2.51. The number of aliphatic hydroxyl groups is 1. The van der Waals surface area contributed by atoms with Crippen LogP contribution in [0.5, 0.6) is 0 Å². The third-order valence-electron chi connectivity index (χ3n) is 1.19. The van der Waals surface area contributed by atoms with Crippen LogP contribution in [0.25, 0.3) is 0 Å². The summed E-state index contributed by atoms with van der Waals surface area (Å²) >= 11 is 1.26. The van der Waals surface area contributed by atoms with Gasteiger partial charge in [-0.05, 0) is 12.5 Å². The van der Waals surface area contributed by atoms with E-state index < -0.39 is 0 Å². The molecular formula is C8H14O2S. The average Bonchev–Trinajstić information content (AvgIpc) is 1.87. The van der Waals surface area contributed by atoms with E-state index in [4.69, 9.17) is 5.11 Å². The van der Waals surface area contributed by atoms with Crippen LogP contribution in [0.1, 0.15) is 26.7 Å². The van der Waals surface area contributed by atoms with Gasteiger partial charge in [0.2, 0.25) is 0 Å². The molecule has 3 heteroatoms. The Labute approximate surface area is 71.7 Å². The van der Waals surface area contributed by atoms with Crippen LogP contribution >= 0.6 is 11.8 Å². The molecule has 0 saturated carbocycles. The summed E-state index contributed by atoms with van der Waals surface area (Å²) in [6.07, 6.45) is 4.61. The van der Waals surface area contributed by atoms with Gasteiger partial charge >= 0.3 is 0 Å². The quantitative estimate of drug-likeness (QED) is 0.665. The summed E-state index contributed by atoms with van der Waals surface area (Å²) in [6.45, 7) is 3.59. The highest BCUT2D eigenvalue weighted by Gasteiger charge is 2.06. The summed E-state index contributed by atoms with van der Waals surface area (Å²) in [7, 11) is 0. The second-order valence-corrected chi connectivity index (χ2v) is 3.69. The van der Waals surface area contributed by atoms with Crippen molar-refractivity contribution >= 4 is 16.9 Å². The van der Waals surface area contributed by atoms with Gasteiger partial charge in [-0.3, -0.25) is 4.79 Å². The van der Waals surface area contributed by atoms with E-state index in [1.54, 1.807) is 13.0 Å². The highest BCUT2D eigenvalue weighted by Crippen LogP contribution is 2.17. The van der Waals surface area contributed by atoms with Crippen molar-refractivity contribution in [1.82, 2.24) is 0 Å². The highest BCUT2D eigenvalue weighted by molar-refractivity contribution is 8.14. The van der Waals surface area contributed by atoms with E-state index in [1.807, 2.05) is 0 Å². The zero-order valence-electron chi connectivity index (χ0n) is 6.91. The van der Waals surface area contributed by atoms with E-state index in [2.05, 4.69) is 6.92 Å². The van der Waals surface area contributed by atoms with Crippen molar-refractivity contribution in [2.45, 2.75) is 31.9 Å². The molecular weight excluding hydrogens is 160 g/mol.